The molecule has 6 heteroatoms. The molecular weight excluding hydrogens is 427 g/mol. The minimum absolute atomic E-state index is 0. The zero-order valence-corrected chi connectivity index (χ0v) is 17.4. The molecule has 1 aromatic rings. The third-order valence-electron chi connectivity index (χ3n) is 4.37. The predicted molar refractivity (Wildman–Crippen MR) is 114 cm³/mol. The Morgan fingerprint density at radius 3 is 2.80 bits per heavy atom. The van der Waals surface area contributed by atoms with Gasteiger partial charge in [0.05, 0.1) is 0 Å². The Bertz CT molecular complexity index is 535. The van der Waals surface area contributed by atoms with Crippen molar-refractivity contribution >= 4 is 35.8 Å². The van der Waals surface area contributed by atoms with Crippen LogP contribution >= 0.6 is 24.0 Å². The van der Waals surface area contributed by atoms with E-state index in [-0.39, 0.29) is 29.9 Å². The summed E-state index contributed by atoms with van der Waals surface area (Å²) in [7, 11) is 0. The number of nitrogens with two attached hydrogens (primary N) is 1. The number of halogens is 1. The lowest BCUT2D eigenvalue weighted by molar-refractivity contribution is -0.119. The molecule has 1 fully saturated rings. The molecule has 140 valence electrons. The third-order valence-corrected chi connectivity index (χ3v) is 4.37. The number of piperidine rings is 1. The maximum absolute atomic E-state index is 11.2. The van der Waals surface area contributed by atoms with Crippen molar-refractivity contribution < 1.29 is 4.79 Å². The van der Waals surface area contributed by atoms with Gasteiger partial charge in [-0.05, 0) is 44.1 Å². The van der Waals surface area contributed by atoms with Crippen molar-refractivity contribution in [2.45, 2.75) is 39.0 Å². The summed E-state index contributed by atoms with van der Waals surface area (Å²) in [6.07, 6.45) is 4.73. The van der Waals surface area contributed by atoms with Gasteiger partial charge in [0.2, 0.25) is 5.91 Å². The van der Waals surface area contributed by atoms with Crippen LogP contribution in [0, 0.1) is 5.92 Å². The Morgan fingerprint density at radius 2 is 2.12 bits per heavy atom. The van der Waals surface area contributed by atoms with Crippen molar-refractivity contribution in [2.75, 3.05) is 26.2 Å². The van der Waals surface area contributed by atoms with E-state index in [0.29, 0.717) is 12.3 Å². The topological polar surface area (TPSA) is 70.7 Å². The van der Waals surface area contributed by atoms with Crippen LogP contribution in [0.15, 0.2) is 35.3 Å². The van der Waals surface area contributed by atoms with Crippen molar-refractivity contribution in [1.82, 2.24) is 10.2 Å². The number of hydrogen-bond donors (Lipinski definition) is 2. The molecule has 0 aromatic heterocycles. The second-order valence-corrected chi connectivity index (χ2v) is 6.45. The van der Waals surface area contributed by atoms with Crippen LogP contribution in [0.2, 0.25) is 0 Å². The van der Waals surface area contributed by atoms with E-state index in [2.05, 4.69) is 41.4 Å². The predicted octanol–water partition coefficient (Wildman–Crippen LogP) is 2.79. The Kier molecular flexibility index (Phi) is 10.5. The average molecular weight is 458 g/mol. The standard InChI is InChI=1S/C19H30N4O.HI/c1-2-21-19(22-12-6-10-16-8-4-3-5-9-16)23-13-7-11-17(15-23)14-18(20)24;/h3-5,8-9,17H,2,6-7,10-15H2,1H3,(H2,20,24)(H,21,22);1H. The first-order chi connectivity index (χ1) is 11.7. The molecule has 1 aliphatic heterocycles. The molecule has 2 rings (SSSR count). The molecular formula is C19H31IN4O. The van der Waals surface area contributed by atoms with Gasteiger partial charge in [-0.15, -0.1) is 24.0 Å². The molecule has 25 heavy (non-hydrogen) atoms. The fourth-order valence-electron chi connectivity index (χ4n) is 3.25. The zero-order chi connectivity index (χ0) is 17.2. The summed E-state index contributed by atoms with van der Waals surface area (Å²) in [6.45, 7) is 5.63. The van der Waals surface area contributed by atoms with Crippen LogP contribution in [0.1, 0.15) is 38.2 Å². The first-order valence-electron chi connectivity index (χ1n) is 9.04. The van der Waals surface area contributed by atoms with E-state index in [9.17, 15) is 4.79 Å². The van der Waals surface area contributed by atoms with E-state index in [0.717, 1.165) is 57.8 Å². The number of carbonyl (C=O) groups is 1. The molecule has 5 nitrogen and oxygen atoms in total. The molecule has 1 heterocycles. The number of nitrogens with one attached hydrogen (secondary N) is 1. The summed E-state index contributed by atoms with van der Waals surface area (Å²) >= 11 is 0. The van der Waals surface area contributed by atoms with Gasteiger partial charge in [-0.25, -0.2) is 0 Å². The number of primary amides is 1. The zero-order valence-electron chi connectivity index (χ0n) is 15.1. The summed E-state index contributed by atoms with van der Waals surface area (Å²) in [4.78, 5) is 18.2. The minimum Gasteiger partial charge on any atom is -0.370 e. The molecule has 1 saturated heterocycles. The second kappa shape index (κ2) is 12.1. The fourth-order valence-corrected chi connectivity index (χ4v) is 3.25. The van der Waals surface area contributed by atoms with E-state index in [1.165, 1.54) is 5.56 Å². The van der Waals surface area contributed by atoms with Crippen LogP contribution in [0.3, 0.4) is 0 Å². The maximum Gasteiger partial charge on any atom is 0.217 e. The largest absolute Gasteiger partial charge is 0.370 e. The summed E-state index contributed by atoms with van der Waals surface area (Å²) in [5.41, 5.74) is 6.71. The van der Waals surface area contributed by atoms with Crippen LogP contribution in [0.5, 0.6) is 0 Å². The number of rotatable bonds is 7. The van der Waals surface area contributed by atoms with E-state index in [4.69, 9.17) is 10.7 Å². The first-order valence-corrected chi connectivity index (χ1v) is 9.04. The Labute approximate surface area is 168 Å². The van der Waals surface area contributed by atoms with Crippen molar-refractivity contribution in [3.8, 4) is 0 Å². The molecule has 0 aliphatic carbocycles. The van der Waals surface area contributed by atoms with E-state index in [1.54, 1.807) is 0 Å². The molecule has 0 bridgehead atoms. The number of likely N-dealkylation sites (tertiary alicyclic amines) is 1. The fraction of sp³-hybridized carbons (Fsp3) is 0.579. The van der Waals surface area contributed by atoms with Gasteiger partial charge in [0.25, 0.3) is 0 Å². The quantitative estimate of drug-likeness (QED) is 0.286. The maximum atomic E-state index is 11.2. The first kappa shape index (κ1) is 21.7. The van der Waals surface area contributed by atoms with Crippen molar-refractivity contribution in [3.63, 3.8) is 0 Å². The highest BCUT2D eigenvalue weighted by Gasteiger charge is 2.23. The number of aliphatic imine (C=N–C) groups is 1. The van der Waals surface area contributed by atoms with E-state index in [1.807, 2.05) is 6.07 Å². The molecule has 1 unspecified atom stereocenters. The summed E-state index contributed by atoms with van der Waals surface area (Å²) in [5.74, 6) is 1.12. The van der Waals surface area contributed by atoms with Crippen LogP contribution in [0.25, 0.3) is 0 Å². The van der Waals surface area contributed by atoms with E-state index >= 15 is 0 Å². The third kappa shape index (κ3) is 8.07. The van der Waals surface area contributed by atoms with Crippen molar-refractivity contribution in [3.05, 3.63) is 35.9 Å². The number of aryl methyl sites for hydroxylation is 1. The van der Waals surface area contributed by atoms with Crippen LogP contribution in [-0.4, -0.2) is 42.9 Å². The number of hydrogen-bond acceptors (Lipinski definition) is 2. The average Bonchev–Trinajstić information content (AvgIpc) is 2.58. The number of amides is 1. The van der Waals surface area contributed by atoms with Gasteiger partial charge in [-0.3, -0.25) is 9.79 Å². The van der Waals surface area contributed by atoms with Gasteiger partial charge >= 0.3 is 0 Å². The van der Waals surface area contributed by atoms with Crippen LogP contribution in [0.4, 0.5) is 0 Å². The van der Waals surface area contributed by atoms with Gasteiger partial charge in [-0.1, -0.05) is 30.3 Å². The highest BCUT2D eigenvalue weighted by Crippen LogP contribution is 2.19. The van der Waals surface area contributed by atoms with Gasteiger partial charge < -0.3 is 16.0 Å². The highest BCUT2D eigenvalue weighted by atomic mass is 127. The van der Waals surface area contributed by atoms with Crippen molar-refractivity contribution in [1.29, 1.82) is 0 Å². The molecule has 1 atom stereocenters. The van der Waals surface area contributed by atoms with Gasteiger partial charge in [0, 0.05) is 32.6 Å². The number of guanidine groups is 1. The minimum atomic E-state index is -0.202. The van der Waals surface area contributed by atoms with Gasteiger partial charge in [0.1, 0.15) is 0 Å². The number of nitrogens with zero attached hydrogens (tertiary/aromatic N) is 2. The molecule has 1 aromatic carbocycles. The second-order valence-electron chi connectivity index (χ2n) is 6.45. The highest BCUT2D eigenvalue weighted by molar-refractivity contribution is 14.0. The molecule has 0 spiro atoms. The lowest BCUT2D eigenvalue weighted by atomic mass is 9.95. The Hall–Kier alpha value is -1.31. The number of carbonyl (C=O) groups excluding carboxylic acids is 1. The SMILES string of the molecule is CCNC(=NCCCc1ccccc1)N1CCCC(CC(N)=O)C1.I. The van der Waals surface area contributed by atoms with E-state index < -0.39 is 0 Å². The Morgan fingerprint density at radius 1 is 1.36 bits per heavy atom. The molecule has 1 aliphatic rings. The molecule has 1 amide bonds. The van der Waals surface area contributed by atoms with Crippen molar-refractivity contribution in [2.24, 2.45) is 16.6 Å². The van der Waals surface area contributed by atoms with Crippen LogP contribution < -0.4 is 11.1 Å². The smallest absolute Gasteiger partial charge is 0.217 e. The van der Waals surface area contributed by atoms with Gasteiger partial charge in [0.15, 0.2) is 5.96 Å². The lowest BCUT2D eigenvalue weighted by Gasteiger charge is -2.34. The monoisotopic (exact) mass is 458 g/mol. The molecule has 3 N–H and O–H groups in total. The van der Waals surface area contributed by atoms with Gasteiger partial charge in [-0.2, -0.15) is 0 Å². The number of benzene rings is 1. The van der Waals surface area contributed by atoms with Crippen LogP contribution in [-0.2, 0) is 11.2 Å². The summed E-state index contributed by atoms with van der Waals surface area (Å²) < 4.78 is 0. The lowest BCUT2D eigenvalue weighted by Crippen LogP contribution is -2.47. The molecule has 0 radical (unpaired) electrons. The summed E-state index contributed by atoms with van der Waals surface area (Å²) in [5, 5.41) is 3.38. The normalized spacial score (nSPS) is 17.7. The Balaban J connectivity index is 0.00000312. The molecule has 0 saturated carbocycles. The summed E-state index contributed by atoms with van der Waals surface area (Å²) in [6, 6.07) is 10.5.